The second-order valence-electron chi connectivity index (χ2n) is 1.89. The number of hydrogen-bond donors (Lipinski definition) is 0. The van der Waals surface area contributed by atoms with Gasteiger partial charge in [-0.25, -0.2) is 0 Å². The van der Waals surface area contributed by atoms with Gasteiger partial charge in [-0.1, -0.05) is 0 Å². The molecule has 1 rings (SSSR count). The van der Waals surface area contributed by atoms with Crippen LogP contribution in [-0.2, 0) is 0 Å². The molecule has 0 N–H and O–H groups in total. The fraction of sp³-hybridized carbons (Fsp3) is 1.00. The number of azo groups is 1. The van der Waals surface area contributed by atoms with Crippen LogP contribution in [0.3, 0.4) is 0 Å². The van der Waals surface area contributed by atoms with E-state index in [1.807, 2.05) is 0 Å². The van der Waals surface area contributed by atoms with E-state index in [2.05, 4.69) is 10.2 Å². The van der Waals surface area contributed by atoms with Gasteiger partial charge in [0.2, 0.25) is 0 Å². The minimum absolute atomic E-state index is 0.191. The van der Waals surface area contributed by atoms with Gasteiger partial charge in [0.15, 0.2) is 0 Å². The van der Waals surface area contributed by atoms with Gasteiger partial charge in [0.05, 0.1) is 19.0 Å². The molecule has 0 aromatic heterocycles. The van der Waals surface area contributed by atoms with Crippen molar-refractivity contribution in [1.29, 1.82) is 0 Å². The maximum atomic E-state index is 11.6. The Balaban J connectivity index is 2.46. The smallest absolute Gasteiger partial charge is 0.193 e. The van der Waals surface area contributed by atoms with E-state index in [9.17, 15) is 13.2 Å². The van der Waals surface area contributed by atoms with Crippen molar-refractivity contribution >= 4 is 0 Å². The van der Waals surface area contributed by atoms with E-state index >= 15 is 0 Å². The van der Waals surface area contributed by atoms with Gasteiger partial charge in [-0.15, -0.1) is 0 Å². The third-order valence-corrected chi connectivity index (χ3v) is 1.17. The Morgan fingerprint density at radius 1 is 1.11 bits per heavy atom. The predicted molar refractivity (Wildman–Crippen MR) is 24.1 cm³/mol. The molecule has 0 atom stereocenters. The molecular weight excluding hydrogens is 133 g/mol. The molecule has 2 nitrogen and oxygen atoms in total. The monoisotopic (exact) mass is 138 g/mol. The molecule has 0 aliphatic carbocycles. The van der Waals surface area contributed by atoms with Gasteiger partial charge >= 0.3 is 6.18 Å². The highest BCUT2D eigenvalue weighted by Gasteiger charge is 2.40. The molecule has 52 valence electrons. The summed E-state index contributed by atoms with van der Waals surface area (Å²) in [7, 11) is 0. The molecule has 0 fully saturated rings. The predicted octanol–water partition coefficient (Wildman–Crippen LogP) is 1.63. The van der Waals surface area contributed by atoms with Crippen LogP contribution < -0.4 is 0 Å². The number of nitrogens with zero attached hydrogens (tertiary/aromatic N) is 2. The summed E-state index contributed by atoms with van der Waals surface area (Å²) in [4.78, 5) is 0. The lowest BCUT2D eigenvalue weighted by atomic mass is 10.1. The first-order valence-corrected chi connectivity index (χ1v) is 2.50. The second kappa shape index (κ2) is 1.97. The highest BCUT2D eigenvalue weighted by molar-refractivity contribution is 4.75. The zero-order chi connectivity index (χ0) is 6.91. The van der Waals surface area contributed by atoms with E-state index in [1.165, 1.54) is 0 Å². The van der Waals surface area contributed by atoms with Crippen LogP contribution in [0, 0.1) is 5.92 Å². The summed E-state index contributed by atoms with van der Waals surface area (Å²) in [6.07, 6.45) is -4.11. The van der Waals surface area contributed by atoms with Gasteiger partial charge in [-0.3, -0.25) is 0 Å². The molecule has 5 heteroatoms. The van der Waals surface area contributed by atoms with Crippen molar-refractivity contribution in [2.24, 2.45) is 16.1 Å². The zero-order valence-corrected chi connectivity index (χ0v) is 4.52. The van der Waals surface area contributed by atoms with E-state index < -0.39 is 12.1 Å². The van der Waals surface area contributed by atoms with Gasteiger partial charge in [-0.2, -0.15) is 23.4 Å². The SMILES string of the molecule is FC(F)(F)C1CN=NC1. The Hall–Kier alpha value is -0.610. The number of halogens is 3. The molecule has 0 saturated carbocycles. The van der Waals surface area contributed by atoms with E-state index in [1.54, 1.807) is 0 Å². The third-order valence-electron chi connectivity index (χ3n) is 1.17. The van der Waals surface area contributed by atoms with Crippen molar-refractivity contribution in [2.75, 3.05) is 13.1 Å². The standard InChI is InChI=1S/C4H5F3N2/c5-4(6,7)3-1-8-9-2-3/h3H,1-2H2. The van der Waals surface area contributed by atoms with Crippen LogP contribution in [0.25, 0.3) is 0 Å². The molecule has 0 amide bonds. The fourth-order valence-corrected chi connectivity index (χ4v) is 0.577. The average Bonchev–Trinajstić information content (AvgIpc) is 2.08. The van der Waals surface area contributed by atoms with Gasteiger partial charge in [0.25, 0.3) is 0 Å². The van der Waals surface area contributed by atoms with Gasteiger partial charge in [0, 0.05) is 0 Å². The minimum atomic E-state index is -4.11. The van der Waals surface area contributed by atoms with E-state index in [0.29, 0.717) is 0 Å². The topological polar surface area (TPSA) is 24.7 Å². The summed E-state index contributed by atoms with van der Waals surface area (Å²) in [5, 5.41) is 6.47. The summed E-state index contributed by atoms with van der Waals surface area (Å²) in [5.41, 5.74) is 0. The molecule has 0 spiro atoms. The molecule has 0 bridgehead atoms. The third kappa shape index (κ3) is 1.40. The first kappa shape index (κ1) is 6.51. The summed E-state index contributed by atoms with van der Waals surface area (Å²) in [6, 6.07) is 0. The zero-order valence-electron chi connectivity index (χ0n) is 4.52. The largest absolute Gasteiger partial charge is 0.395 e. The molecule has 1 heterocycles. The molecular formula is C4H5F3N2. The maximum Gasteiger partial charge on any atom is 0.395 e. The van der Waals surface area contributed by atoms with Crippen LogP contribution in [0.2, 0.25) is 0 Å². The molecule has 0 unspecified atom stereocenters. The summed E-state index contributed by atoms with van der Waals surface area (Å²) >= 11 is 0. The van der Waals surface area contributed by atoms with E-state index in [-0.39, 0.29) is 13.1 Å². The molecule has 0 saturated heterocycles. The summed E-state index contributed by atoms with van der Waals surface area (Å²) in [6.45, 7) is -0.382. The Kier molecular flexibility index (Phi) is 1.42. The van der Waals surface area contributed by atoms with Crippen molar-refractivity contribution in [1.82, 2.24) is 0 Å². The van der Waals surface area contributed by atoms with Gasteiger partial charge in [-0.05, 0) is 0 Å². The van der Waals surface area contributed by atoms with Crippen molar-refractivity contribution in [2.45, 2.75) is 6.18 Å². The maximum absolute atomic E-state index is 11.6. The quantitative estimate of drug-likeness (QED) is 0.486. The number of alkyl halides is 3. The Labute approximate surface area is 49.8 Å². The van der Waals surface area contributed by atoms with Crippen LogP contribution in [0.15, 0.2) is 10.2 Å². The molecule has 1 aliphatic heterocycles. The lowest BCUT2D eigenvalue weighted by molar-refractivity contribution is -0.165. The van der Waals surface area contributed by atoms with Crippen molar-refractivity contribution in [3.8, 4) is 0 Å². The fourth-order valence-electron chi connectivity index (χ4n) is 0.577. The van der Waals surface area contributed by atoms with Crippen molar-refractivity contribution < 1.29 is 13.2 Å². The summed E-state index contributed by atoms with van der Waals surface area (Å²) in [5.74, 6) is -1.32. The van der Waals surface area contributed by atoms with Gasteiger partial charge < -0.3 is 0 Å². The van der Waals surface area contributed by atoms with E-state index in [0.717, 1.165) is 0 Å². The normalized spacial score (nSPS) is 21.2. The molecule has 0 radical (unpaired) electrons. The average molecular weight is 138 g/mol. The molecule has 9 heavy (non-hydrogen) atoms. The lowest BCUT2D eigenvalue weighted by Gasteiger charge is -2.09. The summed E-state index contributed by atoms with van der Waals surface area (Å²) < 4.78 is 34.9. The molecule has 1 aliphatic rings. The van der Waals surface area contributed by atoms with Gasteiger partial charge in [0.1, 0.15) is 0 Å². The highest BCUT2D eigenvalue weighted by Crippen LogP contribution is 2.28. The number of hydrogen-bond acceptors (Lipinski definition) is 2. The molecule has 0 aromatic rings. The van der Waals surface area contributed by atoms with Crippen LogP contribution in [0.5, 0.6) is 0 Å². The Morgan fingerprint density at radius 3 is 1.78 bits per heavy atom. The minimum Gasteiger partial charge on any atom is -0.193 e. The first-order valence-electron chi connectivity index (χ1n) is 2.50. The van der Waals surface area contributed by atoms with Crippen molar-refractivity contribution in [3.05, 3.63) is 0 Å². The Bertz CT molecular complexity index is 120. The van der Waals surface area contributed by atoms with Crippen molar-refractivity contribution in [3.63, 3.8) is 0 Å². The Morgan fingerprint density at radius 2 is 1.56 bits per heavy atom. The second-order valence-corrected chi connectivity index (χ2v) is 1.89. The lowest BCUT2D eigenvalue weighted by Crippen LogP contribution is -2.25. The van der Waals surface area contributed by atoms with Crippen LogP contribution in [0.1, 0.15) is 0 Å². The first-order chi connectivity index (χ1) is 4.11. The van der Waals surface area contributed by atoms with Crippen LogP contribution in [-0.4, -0.2) is 19.3 Å². The van der Waals surface area contributed by atoms with E-state index in [4.69, 9.17) is 0 Å². The highest BCUT2D eigenvalue weighted by atomic mass is 19.4. The number of rotatable bonds is 0. The van der Waals surface area contributed by atoms with Crippen LogP contribution in [0.4, 0.5) is 13.2 Å². The molecule has 0 aromatic carbocycles. The van der Waals surface area contributed by atoms with Crippen LogP contribution >= 0.6 is 0 Å².